The first kappa shape index (κ1) is 20.7. The number of nitrogens with one attached hydrogen (secondary N) is 1. The van der Waals surface area contributed by atoms with E-state index in [4.69, 9.17) is 0 Å². The number of benzene rings is 2. The molecule has 0 saturated carbocycles. The summed E-state index contributed by atoms with van der Waals surface area (Å²) in [6.07, 6.45) is 1.03. The molecule has 0 radical (unpaired) electrons. The summed E-state index contributed by atoms with van der Waals surface area (Å²) in [5.41, 5.74) is 2.88. The van der Waals surface area contributed by atoms with Gasteiger partial charge in [-0.25, -0.2) is 8.42 Å². The lowest BCUT2D eigenvalue weighted by Crippen LogP contribution is -2.46. The Labute approximate surface area is 169 Å². The highest BCUT2D eigenvalue weighted by atomic mass is 32.2. The predicted octanol–water partition coefficient (Wildman–Crippen LogP) is 4.14. The van der Waals surface area contributed by atoms with Crippen molar-refractivity contribution in [2.24, 2.45) is 0 Å². The number of nitrogens with zero attached hydrogens (tertiary/aromatic N) is 2. The number of likely N-dealkylation sites (N-methyl/N-ethyl adjacent to an activating group) is 1. The minimum absolute atomic E-state index is 0.291. The Bertz CT molecular complexity index is 856. The van der Waals surface area contributed by atoms with Crippen LogP contribution >= 0.6 is 0 Å². The summed E-state index contributed by atoms with van der Waals surface area (Å²) in [6, 6.07) is 14.8. The molecule has 1 aliphatic heterocycles. The predicted molar refractivity (Wildman–Crippen MR) is 117 cm³/mol. The summed E-state index contributed by atoms with van der Waals surface area (Å²) in [6.45, 7) is 11.7. The third-order valence-electron chi connectivity index (χ3n) is 5.68. The molecule has 1 fully saturated rings. The molecule has 6 heteroatoms. The van der Waals surface area contributed by atoms with Gasteiger partial charge in [0.15, 0.2) is 0 Å². The molecule has 1 saturated heterocycles. The third-order valence-corrected chi connectivity index (χ3v) is 7.07. The molecule has 2 aromatic carbocycles. The lowest BCUT2D eigenvalue weighted by atomic mass is 9.99. The minimum Gasteiger partial charge on any atom is -0.369 e. The Morgan fingerprint density at radius 3 is 2.07 bits per heavy atom. The average Bonchev–Trinajstić information content (AvgIpc) is 2.73. The first-order valence-corrected chi connectivity index (χ1v) is 11.6. The molecule has 28 heavy (non-hydrogen) atoms. The topological polar surface area (TPSA) is 52.7 Å². The van der Waals surface area contributed by atoms with Crippen molar-refractivity contribution in [3.63, 3.8) is 0 Å². The molecule has 1 aliphatic rings. The van der Waals surface area contributed by atoms with Crippen LogP contribution in [0.5, 0.6) is 0 Å². The van der Waals surface area contributed by atoms with Gasteiger partial charge in [0.2, 0.25) is 0 Å². The van der Waals surface area contributed by atoms with Gasteiger partial charge in [-0.2, -0.15) is 0 Å². The van der Waals surface area contributed by atoms with Crippen LogP contribution < -0.4 is 9.62 Å². The Balaban J connectivity index is 1.66. The standard InChI is InChI=1S/C22H31N3O2S/c1-4-18(3)19-6-12-22(13-7-19)28(26,27)23-20-8-10-21(11-9-20)25-16-14-24(5-2)15-17-25/h6-13,18,23H,4-5,14-17H2,1-3H3/t18-/m1/s1. The smallest absolute Gasteiger partial charge is 0.261 e. The maximum absolute atomic E-state index is 12.7. The highest BCUT2D eigenvalue weighted by Crippen LogP contribution is 2.24. The van der Waals surface area contributed by atoms with Gasteiger partial charge in [-0.15, -0.1) is 0 Å². The van der Waals surface area contributed by atoms with E-state index in [0.29, 0.717) is 16.5 Å². The number of hydrogen-bond donors (Lipinski definition) is 1. The van der Waals surface area contributed by atoms with E-state index in [1.54, 1.807) is 12.1 Å². The fourth-order valence-electron chi connectivity index (χ4n) is 3.49. The summed E-state index contributed by atoms with van der Waals surface area (Å²) in [4.78, 5) is 5.07. The van der Waals surface area contributed by atoms with Crippen LogP contribution in [0.2, 0.25) is 0 Å². The van der Waals surface area contributed by atoms with Gasteiger partial charge in [-0.3, -0.25) is 4.72 Å². The minimum atomic E-state index is -3.58. The second-order valence-electron chi connectivity index (χ2n) is 7.45. The van der Waals surface area contributed by atoms with Crippen molar-refractivity contribution in [3.8, 4) is 0 Å². The molecule has 0 spiro atoms. The summed E-state index contributed by atoms with van der Waals surface area (Å²) >= 11 is 0. The highest BCUT2D eigenvalue weighted by molar-refractivity contribution is 7.92. The van der Waals surface area contributed by atoms with E-state index in [0.717, 1.165) is 50.4 Å². The summed E-state index contributed by atoms with van der Waals surface area (Å²) in [7, 11) is -3.58. The average molecular weight is 402 g/mol. The Kier molecular flexibility index (Phi) is 6.62. The summed E-state index contributed by atoms with van der Waals surface area (Å²) in [5.74, 6) is 0.427. The van der Waals surface area contributed by atoms with Crippen molar-refractivity contribution in [2.75, 3.05) is 42.3 Å². The van der Waals surface area contributed by atoms with Crippen molar-refractivity contribution in [1.29, 1.82) is 0 Å². The summed E-state index contributed by atoms with van der Waals surface area (Å²) in [5, 5.41) is 0. The van der Waals surface area contributed by atoms with Crippen LogP contribution in [0.1, 0.15) is 38.7 Å². The van der Waals surface area contributed by atoms with E-state index >= 15 is 0 Å². The fourth-order valence-corrected chi connectivity index (χ4v) is 4.55. The third kappa shape index (κ3) is 4.86. The van der Waals surface area contributed by atoms with Gasteiger partial charge in [-0.05, 0) is 60.8 Å². The van der Waals surface area contributed by atoms with E-state index in [-0.39, 0.29) is 0 Å². The lowest BCUT2D eigenvalue weighted by molar-refractivity contribution is 0.271. The van der Waals surface area contributed by atoms with Crippen molar-refractivity contribution in [2.45, 2.75) is 38.0 Å². The van der Waals surface area contributed by atoms with Crippen LogP contribution in [0, 0.1) is 0 Å². The Hall–Kier alpha value is -2.05. The number of piperazine rings is 1. The highest BCUT2D eigenvalue weighted by Gasteiger charge is 2.17. The molecule has 0 aliphatic carbocycles. The van der Waals surface area contributed by atoms with Gasteiger partial charge < -0.3 is 9.80 Å². The zero-order valence-corrected chi connectivity index (χ0v) is 17.9. The number of hydrogen-bond acceptors (Lipinski definition) is 4. The number of rotatable bonds is 7. The molecular formula is C22H31N3O2S. The first-order valence-electron chi connectivity index (χ1n) is 10.1. The zero-order chi connectivity index (χ0) is 20.1. The van der Waals surface area contributed by atoms with Gasteiger partial charge in [0.1, 0.15) is 0 Å². The molecule has 0 aromatic heterocycles. The van der Waals surface area contributed by atoms with Crippen LogP contribution in [0.15, 0.2) is 53.4 Å². The molecule has 0 amide bonds. The molecule has 152 valence electrons. The van der Waals surface area contributed by atoms with Crippen LogP contribution in [0.3, 0.4) is 0 Å². The van der Waals surface area contributed by atoms with Crippen LogP contribution in [-0.2, 0) is 10.0 Å². The van der Waals surface area contributed by atoms with Crippen molar-refractivity contribution < 1.29 is 8.42 Å². The van der Waals surface area contributed by atoms with E-state index < -0.39 is 10.0 Å². The van der Waals surface area contributed by atoms with Crippen molar-refractivity contribution in [1.82, 2.24) is 4.90 Å². The molecule has 0 bridgehead atoms. The van der Waals surface area contributed by atoms with E-state index in [1.807, 2.05) is 36.4 Å². The lowest BCUT2D eigenvalue weighted by Gasteiger charge is -2.35. The molecule has 5 nitrogen and oxygen atoms in total. The number of sulfonamides is 1. The fraction of sp³-hybridized carbons (Fsp3) is 0.455. The van der Waals surface area contributed by atoms with Gasteiger partial charge in [0.05, 0.1) is 4.90 Å². The maximum Gasteiger partial charge on any atom is 0.261 e. The normalized spacial score (nSPS) is 16.8. The van der Waals surface area contributed by atoms with Gasteiger partial charge in [0.25, 0.3) is 10.0 Å². The Morgan fingerprint density at radius 2 is 1.54 bits per heavy atom. The Morgan fingerprint density at radius 1 is 0.929 bits per heavy atom. The number of anilines is 2. The van der Waals surface area contributed by atoms with E-state index in [2.05, 4.69) is 35.3 Å². The van der Waals surface area contributed by atoms with Crippen molar-refractivity contribution in [3.05, 3.63) is 54.1 Å². The SMILES string of the molecule is CC[C@@H](C)c1ccc(S(=O)(=O)Nc2ccc(N3CCN(CC)CC3)cc2)cc1. The van der Waals surface area contributed by atoms with Gasteiger partial charge in [0, 0.05) is 37.6 Å². The molecule has 2 aromatic rings. The monoisotopic (exact) mass is 401 g/mol. The molecule has 0 unspecified atom stereocenters. The van der Waals surface area contributed by atoms with Crippen LogP contribution in [0.4, 0.5) is 11.4 Å². The molecular weight excluding hydrogens is 370 g/mol. The summed E-state index contributed by atoms with van der Waals surface area (Å²) < 4.78 is 28.1. The van der Waals surface area contributed by atoms with Gasteiger partial charge >= 0.3 is 0 Å². The molecule has 3 rings (SSSR count). The quantitative estimate of drug-likeness (QED) is 0.757. The van der Waals surface area contributed by atoms with E-state index in [1.165, 1.54) is 0 Å². The zero-order valence-electron chi connectivity index (χ0n) is 17.1. The van der Waals surface area contributed by atoms with Crippen molar-refractivity contribution >= 4 is 21.4 Å². The molecule has 1 heterocycles. The van der Waals surface area contributed by atoms with E-state index in [9.17, 15) is 8.42 Å². The van der Waals surface area contributed by atoms with Crippen LogP contribution in [-0.4, -0.2) is 46.0 Å². The molecule has 1 N–H and O–H groups in total. The second-order valence-corrected chi connectivity index (χ2v) is 9.13. The largest absolute Gasteiger partial charge is 0.369 e. The van der Waals surface area contributed by atoms with Gasteiger partial charge in [-0.1, -0.05) is 32.9 Å². The van der Waals surface area contributed by atoms with Crippen LogP contribution in [0.25, 0.3) is 0 Å². The maximum atomic E-state index is 12.7. The first-order chi connectivity index (χ1) is 13.4. The second kappa shape index (κ2) is 8.97. The molecule has 1 atom stereocenters.